The molecule has 0 atom stereocenters. The fourth-order valence-corrected chi connectivity index (χ4v) is 1.99. The van der Waals surface area contributed by atoms with Gasteiger partial charge in [0.15, 0.2) is 0 Å². The second kappa shape index (κ2) is 4.91. The monoisotopic (exact) mass is 252 g/mol. The van der Waals surface area contributed by atoms with Crippen molar-refractivity contribution in [3.63, 3.8) is 0 Å². The van der Waals surface area contributed by atoms with Crippen LogP contribution >= 0.6 is 0 Å². The molecule has 19 heavy (non-hydrogen) atoms. The van der Waals surface area contributed by atoms with Crippen molar-refractivity contribution in [2.24, 2.45) is 0 Å². The van der Waals surface area contributed by atoms with Crippen molar-refractivity contribution >= 4 is 5.91 Å². The van der Waals surface area contributed by atoms with Gasteiger partial charge in [-0.05, 0) is 37.6 Å². The van der Waals surface area contributed by atoms with Crippen molar-refractivity contribution in [1.82, 2.24) is 4.57 Å². The minimum atomic E-state index is -0.561. The quantitative estimate of drug-likeness (QED) is 0.780. The molecule has 0 unspecified atom stereocenters. The first-order chi connectivity index (χ1) is 9.06. The summed E-state index contributed by atoms with van der Waals surface area (Å²) in [6.45, 7) is 3.36. The lowest BCUT2D eigenvalue weighted by molar-refractivity contribution is 0.0953. The van der Waals surface area contributed by atoms with E-state index < -0.39 is 11.5 Å². The third-order valence-corrected chi connectivity index (χ3v) is 2.93. The number of rotatable bonds is 1. The molecular formula is C15H12N2O2. The number of aromatic nitrogens is 1. The predicted octanol–water partition coefficient (Wildman–Crippen LogP) is 2.03. The van der Waals surface area contributed by atoms with Gasteiger partial charge in [-0.1, -0.05) is 18.2 Å². The van der Waals surface area contributed by atoms with Gasteiger partial charge in [-0.15, -0.1) is 0 Å². The Morgan fingerprint density at radius 3 is 2.42 bits per heavy atom. The number of pyridine rings is 1. The van der Waals surface area contributed by atoms with Crippen molar-refractivity contribution in [2.75, 3.05) is 0 Å². The Morgan fingerprint density at radius 2 is 1.84 bits per heavy atom. The number of hydrogen-bond donors (Lipinski definition) is 0. The summed E-state index contributed by atoms with van der Waals surface area (Å²) in [6.07, 6.45) is 0. The van der Waals surface area contributed by atoms with Crippen molar-refractivity contribution in [2.45, 2.75) is 13.8 Å². The molecule has 0 radical (unpaired) electrons. The molecule has 0 aliphatic carbocycles. The zero-order chi connectivity index (χ0) is 14.0. The molecule has 0 aliphatic rings. The van der Waals surface area contributed by atoms with Crippen LogP contribution in [0.3, 0.4) is 0 Å². The summed E-state index contributed by atoms with van der Waals surface area (Å²) in [7, 11) is 0. The number of benzene rings is 1. The molecule has 4 heteroatoms. The lowest BCUT2D eigenvalue weighted by Crippen LogP contribution is -2.31. The minimum absolute atomic E-state index is 0.00915. The van der Waals surface area contributed by atoms with Crippen molar-refractivity contribution in [3.05, 3.63) is 69.1 Å². The first-order valence-corrected chi connectivity index (χ1v) is 5.79. The normalized spacial score (nSPS) is 9.95. The first-order valence-electron chi connectivity index (χ1n) is 5.79. The summed E-state index contributed by atoms with van der Waals surface area (Å²) >= 11 is 0. The molecule has 0 N–H and O–H groups in total. The second-order valence-electron chi connectivity index (χ2n) is 4.27. The zero-order valence-corrected chi connectivity index (χ0v) is 10.7. The van der Waals surface area contributed by atoms with Crippen LogP contribution in [0.15, 0.2) is 41.2 Å². The average Bonchev–Trinajstić information content (AvgIpc) is 2.39. The van der Waals surface area contributed by atoms with Gasteiger partial charge >= 0.3 is 0 Å². The molecule has 2 rings (SSSR count). The van der Waals surface area contributed by atoms with Gasteiger partial charge < -0.3 is 0 Å². The maximum atomic E-state index is 12.3. The molecule has 0 saturated heterocycles. The molecule has 1 aromatic heterocycles. The van der Waals surface area contributed by atoms with E-state index in [0.717, 1.165) is 4.57 Å². The van der Waals surface area contributed by atoms with Crippen LogP contribution in [-0.2, 0) is 0 Å². The Labute approximate surface area is 110 Å². The van der Waals surface area contributed by atoms with Crippen LogP contribution in [0.1, 0.15) is 27.2 Å². The molecule has 0 bridgehead atoms. The van der Waals surface area contributed by atoms with E-state index in [0.29, 0.717) is 16.8 Å². The summed E-state index contributed by atoms with van der Waals surface area (Å²) in [5.41, 5.74) is 0.974. The molecule has 1 aromatic carbocycles. The maximum absolute atomic E-state index is 12.3. The Morgan fingerprint density at radius 1 is 1.21 bits per heavy atom. The van der Waals surface area contributed by atoms with Crippen LogP contribution in [-0.4, -0.2) is 10.5 Å². The maximum Gasteiger partial charge on any atom is 0.275 e. The van der Waals surface area contributed by atoms with E-state index in [1.807, 2.05) is 6.07 Å². The second-order valence-corrected chi connectivity index (χ2v) is 4.27. The molecular weight excluding hydrogens is 240 g/mol. The third kappa shape index (κ3) is 2.18. The largest absolute Gasteiger partial charge is 0.275 e. The summed E-state index contributed by atoms with van der Waals surface area (Å²) in [5.74, 6) is -0.417. The minimum Gasteiger partial charge on any atom is -0.268 e. The third-order valence-electron chi connectivity index (χ3n) is 2.93. The Hall–Kier alpha value is -2.67. The molecule has 0 saturated carbocycles. The molecule has 0 spiro atoms. The highest BCUT2D eigenvalue weighted by atomic mass is 16.2. The van der Waals surface area contributed by atoms with Crippen LogP contribution in [0.2, 0.25) is 0 Å². The van der Waals surface area contributed by atoms with E-state index in [1.54, 1.807) is 50.2 Å². The molecule has 2 aromatic rings. The van der Waals surface area contributed by atoms with Crippen LogP contribution in [0.5, 0.6) is 0 Å². The Bertz CT molecular complexity index is 737. The summed E-state index contributed by atoms with van der Waals surface area (Å²) in [5, 5.41) is 8.99. The lowest BCUT2D eigenvalue weighted by atomic mass is 10.1. The molecule has 1 heterocycles. The van der Waals surface area contributed by atoms with Crippen molar-refractivity contribution in [1.29, 1.82) is 5.26 Å². The van der Waals surface area contributed by atoms with Gasteiger partial charge in [0.25, 0.3) is 11.5 Å². The molecule has 0 amide bonds. The number of aryl methyl sites for hydroxylation is 2. The van der Waals surface area contributed by atoms with Crippen LogP contribution < -0.4 is 5.56 Å². The summed E-state index contributed by atoms with van der Waals surface area (Å²) in [6, 6.07) is 12.0. The van der Waals surface area contributed by atoms with E-state index in [9.17, 15) is 9.59 Å². The number of carbonyl (C=O) groups is 1. The van der Waals surface area contributed by atoms with E-state index >= 15 is 0 Å². The first kappa shape index (κ1) is 12.8. The van der Waals surface area contributed by atoms with Crippen LogP contribution in [0.4, 0.5) is 0 Å². The lowest BCUT2D eigenvalue weighted by Gasteiger charge is -2.10. The van der Waals surface area contributed by atoms with Gasteiger partial charge in [0.05, 0.1) is 0 Å². The van der Waals surface area contributed by atoms with Crippen LogP contribution in [0, 0.1) is 25.2 Å². The van der Waals surface area contributed by atoms with Gasteiger partial charge in [-0.3, -0.25) is 9.59 Å². The smallest absolute Gasteiger partial charge is 0.268 e. The van der Waals surface area contributed by atoms with Gasteiger partial charge in [0, 0.05) is 11.3 Å². The van der Waals surface area contributed by atoms with Crippen molar-refractivity contribution < 1.29 is 4.79 Å². The van der Waals surface area contributed by atoms with E-state index in [1.165, 1.54) is 0 Å². The number of hydrogen-bond acceptors (Lipinski definition) is 3. The number of carbonyl (C=O) groups excluding carboxylic acids is 1. The highest BCUT2D eigenvalue weighted by molar-refractivity contribution is 5.96. The SMILES string of the molecule is Cc1cc(C)n(C(=O)c2ccccc2)c(=O)c1C#N. The fourth-order valence-electron chi connectivity index (χ4n) is 1.99. The molecule has 94 valence electrons. The van der Waals surface area contributed by atoms with E-state index in [4.69, 9.17) is 5.26 Å². The number of nitrogens with zero attached hydrogens (tertiary/aromatic N) is 2. The van der Waals surface area contributed by atoms with E-state index in [-0.39, 0.29) is 5.56 Å². The number of nitriles is 1. The Balaban J connectivity index is 2.68. The highest BCUT2D eigenvalue weighted by Gasteiger charge is 2.16. The zero-order valence-electron chi connectivity index (χ0n) is 10.7. The summed E-state index contributed by atoms with van der Waals surface area (Å²) < 4.78 is 1.04. The topological polar surface area (TPSA) is 62.9 Å². The predicted molar refractivity (Wildman–Crippen MR) is 71.1 cm³/mol. The Kier molecular flexibility index (Phi) is 3.30. The average molecular weight is 252 g/mol. The van der Waals surface area contributed by atoms with Gasteiger partial charge in [0.1, 0.15) is 11.6 Å². The highest BCUT2D eigenvalue weighted by Crippen LogP contribution is 2.08. The van der Waals surface area contributed by atoms with Crippen molar-refractivity contribution in [3.8, 4) is 6.07 Å². The molecule has 0 aliphatic heterocycles. The van der Waals surface area contributed by atoms with Gasteiger partial charge in [-0.25, -0.2) is 4.57 Å². The van der Waals surface area contributed by atoms with E-state index in [2.05, 4.69) is 0 Å². The standard InChI is InChI=1S/C15H12N2O2/c1-10-8-11(2)17(15(19)13(10)9-16)14(18)12-6-4-3-5-7-12/h3-8H,1-2H3. The fraction of sp³-hybridized carbons (Fsp3) is 0.133. The van der Waals surface area contributed by atoms with Gasteiger partial charge in [0.2, 0.25) is 0 Å². The summed E-state index contributed by atoms with van der Waals surface area (Å²) in [4.78, 5) is 24.5. The molecule has 4 nitrogen and oxygen atoms in total. The molecule has 0 fully saturated rings. The van der Waals surface area contributed by atoms with Crippen LogP contribution in [0.25, 0.3) is 0 Å². The van der Waals surface area contributed by atoms with Gasteiger partial charge in [-0.2, -0.15) is 5.26 Å².